The lowest BCUT2D eigenvalue weighted by Gasteiger charge is -2.12. The second-order valence-corrected chi connectivity index (χ2v) is 3.57. The molecule has 0 aliphatic carbocycles. The van der Waals surface area contributed by atoms with E-state index in [1.165, 1.54) is 0 Å². The molecule has 0 N–H and O–H groups in total. The zero-order valence-corrected chi connectivity index (χ0v) is 9.63. The van der Waals surface area contributed by atoms with E-state index in [1.54, 1.807) is 0 Å². The van der Waals surface area contributed by atoms with Gasteiger partial charge in [-0.2, -0.15) is 0 Å². The van der Waals surface area contributed by atoms with Gasteiger partial charge < -0.3 is 4.74 Å². The van der Waals surface area contributed by atoms with E-state index < -0.39 is 39.3 Å². The van der Waals surface area contributed by atoms with Gasteiger partial charge in [-0.05, 0) is 15.9 Å². The van der Waals surface area contributed by atoms with Crippen LogP contribution in [-0.4, -0.2) is 16.3 Å². The average molecular weight is 337 g/mol. The minimum absolute atomic E-state index is 0.386. The van der Waals surface area contributed by atoms with Crippen LogP contribution in [0.15, 0.2) is 10.7 Å². The van der Waals surface area contributed by atoms with Crippen molar-refractivity contribution in [2.45, 2.75) is 12.8 Å². The zero-order valence-electron chi connectivity index (χ0n) is 8.04. The Hall–Kier alpha value is -1.52. The van der Waals surface area contributed by atoms with E-state index in [9.17, 15) is 32.1 Å². The third kappa shape index (κ3) is 3.24. The van der Waals surface area contributed by atoms with Crippen LogP contribution >= 0.6 is 15.9 Å². The molecule has 0 saturated heterocycles. The number of hydrogen-bond donors (Lipinski definition) is 0. The van der Waals surface area contributed by atoms with Crippen molar-refractivity contribution in [2.24, 2.45) is 0 Å². The maximum atomic E-state index is 12.6. The number of ether oxygens (including phenoxy) is 1. The van der Waals surface area contributed by atoms with Crippen LogP contribution in [0.5, 0.6) is 5.88 Å². The molecule has 5 nitrogen and oxygen atoms in total. The first kappa shape index (κ1) is 14.5. The normalized spacial score (nSPS) is 11.7. The fourth-order valence-electron chi connectivity index (χ4n) is 0.985. The summed E-state index contributed by atoms with van der Waals surface area (Å²) in [4.78, 5) is 12.2. The largest absolute Gasteiger partial charge is 0.574 e. The lowest BCUT2D eigenvalue weighted by molar-refractivity contribution is -0.386. The van der Waals surface area contributed by atoms with Crippen LogP contribution in [0.1, 0.15) is 12.0 Å². The van der Waals surface area contributed by atoms with E-state index >= 15 is 0 Å². The first-order chi connectivity index (χ1) is 8.13. The van der Waals surface area contributed by atoms with Gasteiger partial charge in [-0.15, -0.1) is 13.2 Å². The first-order valence-electron chi connectivity index (χ1n) is 4.00. The SMILES string of the molecule is O=[N+]([O-])c1cnc(OC(F)(F)F)c(C(F)F)c1Br. The molecule has 1 rings (SSSR count). The van der Waals surface area contributed by atoms with Crippen molar-refractivity contribution in [3.8, 4) is 5.88 Å². The highest BCUT2D eigenvalue weighted by Gasteiger charge is 2.36. The third-order valence-corrected chi connectivity index (χ3v) is 2.46. The Bertz CT molecular complexity index is 479. The molecule has 0 atom stereocenters. The Labute approximate surface area is 104 Å². The molecule has 0 aromatic carbocycles. The zero-order chi connectivity index (χ0) is 14.1. The highest BCUT2D eigenvalue weighted by molar-refractivity contribution is 9.10. The fourth-order valence-corrected chi connectivity index (χ4v) is 1.58. The molecule has 0 fully saturated rings. The second kappa shape index (κ2) is 5.00. The molecule has 1 aromatic rings. The maximum Gasteiger partial charge on any atom is 0.574 e. The molecule has 0 aliphatic rings. The highest BCUT2D eigenvalue weighted by Crippen LogP contribution is 2.40. The van der Waals surface area contributed by atoms with Gasteiger partial charge >= 0.3 is 12.0 Å². The van der Waals surface area contributed by atoms with Crippen molar-refractivity contribution in [3.05, 3.63) is 26.3 Å². The van der Waals surface area contributed by atoms with Crippen molar-refractivity contribution >= 4 is 21.6 Å². The fraction of sp³-hybridized carbons (Fsp3) is 0.286. The quantitative estimate of drug-likeness (QED) is 0.480. The molecule has 11 heteroatoms. The van der Waals surface area contributed by atoms with Gasteiger partial charge in [-0.1, -0.05) is 0 Å². The Balaban J connectivity index is 3.37. The standard InChI is InChI=1S/C7H2BrF5N2O3/c8-4-2(15(16)17)1-14-6(3(4)5(9)10)18-7(11,12)13/h1,5H. The molecule has 0 aliphatic heterocycles. The molecule has 0 spiro atoms. The van der Waals surface area contributed by atoms with Gasteiger partial charge in [0.15, 0.2) is 0 Å². The van der Waals surface area contributed by atoms with E-state index in [0.29, 0.717) is 6.20 Å². The van der Waals surface area contributed by atoms with Crippen molar-refractivity contribution in [1.82, 2.24) is 4.98 Å². The van der Waals surface area contributed by atoms with Gasteiger partial charge in [0.1, 0.15) is 16.2 Å². The van der Waals surface area contributed by atoms with Gasteiger partial charge in [-0.25, -0.2) is 13.8 Å². The number of halogens is 6. The Morgan fingerprint density at radius 3 is 2.39 bits per heavy atom. The molecular formula is C7H2BrF5N2O3. The first-order valence-corrected chi connectivity index (χ1v) is 4.79. The van der Waals surface area contributed by atoms with Gasteiger partial charge in [0, 0.05) is 0 Å². The Morgan fingerprint density at radius 2 is 2.00 bits per heavy atom. The number of hydrogen-bond acceptors (Lipinski definition) is 4. The van der Waals surface area contributed by atoms with Crippen molar-refractivity contribution in [2.75, 3.05) is 0 Å². The van der Waals surface area contributed by atoms with Crippen LogP contribution in [0.25, 0.3) is 0 Å². The molecular weight excluding hydrogens is 335 g/mol. The van der Waals surface area contributed by atoms with E-state index in [0.717, 1.165) is 0 Å². The van der Waals surface area contributed by atoms with E-state index in [-0.39, 0.29) is 0 Å². The molecule has 18 heavy (non-hydrogen) atoms. The van der Waals surface area contributed by atoms with Crippen LogP contribution in [0.2, 0.25) is 0 Å². The summed E-state index contributed by atoms with van der Waals surface area (Å²) in [6, 6.07) is 0. The molecule has 0 bridgehead atoms. The topological polar surface area (TPSA) is 65.3 Å². The summed E-state index contributed by atoms with van der Waals surface area (Å²) < 4.78 is 63.3. The summed E-state index contributed by atoms with van der Waals surface area (Å²) >= 11 is 2.43. The molecule has 0 unspecified atom stereocenters. The summed E-state index contributed by atoms with van der Waals surface area (Å²) in [7, 11) is 0. The average Bonchev–Trinajstić information content (AvgIpc) is 2.13. The maximum absolute atomic E-state index is 12.6. The molecule has 1 aromatic heterocycles. The summed E-state index contributed by atoms with van der Waals surface area (Å²) in [5.41, 5.74) is -2.22. The molecule has 1 heterocycles. The third-order valence-electron chi connectivity index (χ3n) is 1.62. The predicted molar refractivity (Wildman–Crippen MR) is 50.2 cm³/mol. The van der Waals surface area contributed by atoms with Crippen LogP contribution in [0.4, 0.5) is 27.6 Å². The molecule has 0 saturated carbocycles. The number of nitro groups is 1. The predicted octanol–water partition coefficient (Wildman–Crippen LogP) is 3.59. The number of aromatic nitrogens is 1. The van der Waals surface area contributed by atoms with Crippen molar-refractivity contribution in [3.63, 3.8) is 0 Å². The van der Waals surface area contributed by atoms with Gasteiger partial charge in [-0.3, -0.25) is 10.1 Å². The number of rotatable bonds is 3. The lowest BCUT2D eigenvalue weighted by Crippen LogP contribution is -2.19. The summed E-state index contributed by atoms with van der Waals surface area (Å²) in [6.07, 6.45) is -8.27. The smallest absolute Gasteiger partial charge is 0.387 e. The number of pyridine rings is 1. The van der Waals surface area contributed by atoms with Crippen LogP contribution in [0, 0.1) is 10.1 Å². The van der Waals surface area contributed by atoms with E-state index in [4.69, 9.17) is 0 Å². The van der Waals surface area contributed by atoms with Crippen LogP contribution in [-0.2, 0) is 0 Å². The highest BCUT2D eigenvalue weighted by atomic mass is 79.9. The Morgan fingerprint density at radius 1 is 1.44 bits per heavy atom. The monoisotopic (exact) mass is 336 g/mol. The van der Waals surface area contributed by atoms with Gasteiger partial charge in [0.25, 0.3) is 6.43 Å². The summed E-state index contributed by atoms with van der Waals surface area (Å²) in [5.74, 6) is -1.44. The van der Waals surface area contributed by atoms with Crippen molar-refractivity contribution in [1.29, 1.82) is 0 Å². The molecule has 100 valence electrons. The van der Waals surface area contributed by atoms with Crippen molar-refractivity contribution < 1.29 is 31.6 Å². The summed E-state index contributed by atoms with van der Waals surface area (Å²) in [6.45, 7) is 0. The minimum Gasteiger partial charge on any atom is -0.387 e. The van der Waals surface area contributed by atoms with Gasteiger partial charge in [0.2, 0.25) is 5.88 Å². The molecule has 0 radical (unpaired) electrons. The minimum atomic E-state index is -5.23. The van der Waals surface area contributed by atoms with Crippen LogP contribution < -0.4 is 4.74 Å². The van der Waals surface area contributed by atoms with E-state index in [2.05, 4.69) is 25.7 Å². The molecule has 0 amide bonds. The Kier molecular flexibility index (Phi) is 4.04. The van der Waals surface area contributed by atoms with Gasteiger partial charge in [0.05, 0.1) is 4.92 Å². The second-order valence-electron chi connectivity index (χ2n) is 2.78. The summed E-state index contributed by atoms with van der Waals surface area (Å²) in [5, 5.41) is 10.4. The van der Waals surface area contributed by atoms with E-state index in [1.807, 2.05) is 0 Å². The number of alkyl halides is 5. The number of nitrogens with zero attached hydrogens (tertiary/aromatic N) is 2. The van der Waals surface area contributed by atoms with Crippen LogP contribution in [0.3, 0.4) is 0 Å². The lowest BCUT2D eigenvalue weighted by atomic mass is 10.2.